The van der Waals surface area contributed by atoms with Gasteiger partial charge in [-0.05, 0) is 26.2 Å². The molecule has 2 aromatic rings. The smallest absolute Gasteiger partial charge is 0.350 e. The van der Waals surface area contributed by atoms with Crippen molar-refractivity contribution in [2.75, 3.05) is 55.7 Å². The highest BCUT2D eigenvalue weighted by Gasteiger charge is 2.25. The molecule has 1 N–H and O–H groups in total. The van der Waals surface area contributed by atoms with Gasteiger partial charge >= 0.3 is 5.97 Å². The number of hydrogen-bond acceptors (Lipinski definition) is 9. The first-order chi connectivity index (χ1) is 13.8. The van der Waals surface area contributed by atoms with Gasteiger partial charge in [0.15, 0.2) is 5.13 Å². The minimum atomic E-state index is -0.341. The van der Waals surface area contributed by atoms with E-state index >= 15 is 0 Å². The van der Waals surface area contributed by atoms with Gasteiger partial charge in [-0.1, -0.05) is 11.3 Å². The van der Waals surface area contributed by atoms with Gasteiger partial charge in [-0.25, -0.2) is 19.7 Å². The van der Waals surface area contributed by atoms with E-state index in [9.17, 15) is 4.79 Å². The first-order valence-electron chi connectivity index (χ1n) is 9.97. The minimum absolute atomic E-state index is 0.336. The van der Waals surface area contributed by atoms with Crippen LogP contribution in [0.3, 0.4) is 0 Å². The molecule has 150 valence electrons. The molecule has 28 heavy (non-hydrogen) atoms. The lowest BCUT2D eigenvalue weighted by Crippen LogP contribution is -2.43. The molecule has 0 amide bonds. The lowest BCUT2D eigenvalue weighted by Gasteiger charge is -2.28. The van der Waals surface area contributed by atoms with Gasteiger partial charge in [0.1, 0.15) is 22.1 Å². The second kappa shape index (κ2) is 8.83. The molecule has 0 aliphatic carbocycles. The highest BCUT2D eigenvalue weighted by Crippen LogP contribution is 2.34. The summed E-state index contributed by atoms with van der Waals surface area (Å²) in [5, 5.41) is 4.20. The average molecular weight is 403 g/mol. The van der Waals surface area contributed by atoms with Crippen molar-refractivity contribution < 1.29 is 9.53 Å². The summed E-state index contributed by atoms with van der Waals surface area (Å²) >= 11 is 1.39. The minimum Gasteiger partial charge on any atom is -0.462 e. The molecular weight excluding hydrogens is 376 g/mol. The summed E-state index contributed by atoms with van der Waals surface area (Å²) in [4.78, 5) is 31.4. The molecule has 2 aliphatic rings. The van der Waals surface area contributed by atoms with Crippen LogP contribution in [0, 0.1) is 0 Å². The summed E-state index contributed by atoms with van der Waals surface area (Å²) in [5.74, 6) is 0.514. The lowest BCUT2D eigenvalue weighted by molar-refractivity contribution is 0.0532. The van der Waals surface area contributed by atoms with E-state index in [1.54, 1.807) is 12.4 Å². The molecular formula is C19H26N6O2S. The van der Waals surface area contributed by atoms with Crippen molar-refractivity contribution in [3.63, 3.8) is 0 Å². The summed E-state index contributed by atoms with van der Waals surface area (Å²) in [5.41, 5.74) is 1.19. The van der Waals surface area contributed by atoms with Crippen LogP contribution in [-0.4, -0.2) is 66.8 Å². The number of piperazine rings is 1. The number of nitrogens with zero attached hydrogens (tertiary/aromatic N) is 5. The number of carbonyl (C=O) groups is 1. The molecule has 0 unspecified atom stereocenters. The zero-order valence-corrected chi connectivity index (χ0v) is 17.0. The SMILES string of the molecule is CCOC(=O)c1sc(N2CCCCC2)nc1-c1cnc(N2CCNCC2)cn1. The van der Waals surface area contributed by atoms with E-state index in [4.69, 9.17) is 9.72 Å². The van der Waals surface area contributed by atoms with E-state index in [-0.39, 0.29) is 5.97 Å². The summed E-state index contributed by atoms with van der Waals surface area (Å²) in [6.45, 7) is 7.82. The number of thiazole rings is 1. The molecule has 4 rings (SSSR count). The molecule has 0 bridgehead atoms. The zero-order valence-electron chi connectivity index (χ0n) is 16.2. The van der Waals surface area contributed by atoms with Crippen LogP contribution in [0.5, 0.6) is 0 Å². The van der Waals surface area contributed by atoms with Crippen LogP contribution in [-0.2, 0) is 4.74 Å². The van der Waals surface area contributed by atoms with Crippen LogP contribution in [0.4, 0.5) is 10.9 Å². The van der Waals surface area contributed by atoms with Crippen molar-refractivity contribution >= 4 is 28.3 Å². The van der Waals surface area contributed by atoms with Crippen molar-refractivity contribution in [1.82, 2.24) is 20.3 Å². The first-order valence-corrected chi connectivity index (χ1v) is 10.8. The van der Waals surface area contributed by atoms with Crippen LogP contribution in [0.25, 0.3) is 11.4 Å². The largest absolute Gasteiger partial charge is 0.462 e. The number of rotatable bonds is 5. The number of carbonyl (C=O) groups excluding carboxylic acids is 1. The number of anilines is 2. The Labute approximate surface area is 169 Å². The molecule has 2 saturated heterocycles. The molecule has 0 spiro atoms. The lowest BCUT2D eigenvalue weighted by atomic mass is 10.1. The maximum absolute atomic E-state index is 12.5. The molecule has 0 aromatic carbocycles. The van der Waals surface area contributed by atoms with E-state index in [0.29, 0.717) is 22.9 Å². The number of ether oxygens (including phenoxy) is 1. The highest BCUT2D eigenvalue weighted by molar-refractivity contribution is 7.17. The second-order valence-corrected chi connectivity index (χ2v) is 7.92. The van der Waals surface area contributed by atoms with Crippen LogP contribution >= 0.6 is 11.3 Å². The predicted octanol–water partition coefficient (Wildman–Crippen LogP) is 2.18. The predicted molar refractivity (Wildman–Crippen MR) is 110 cm³/mol. The third-order valence-electron chi connectivity index (χ3n) is 5.03. The molecule has 9 heteroatoms. The molecule has 2 fully saturated rings. The van der Waals surface area contributed by atoms with E-state index in [1.807, 2.05) is 6.92 Å². The van der Waals surface area contributed by atoms with E-state index in [1.165, 1.54) is 17.8 Å². The van der Waals surface area contributed by atoms with Crippen LogP contribution in [0.1, 0.15) is 35.9 Å². The maximum atomic E-state index is 12.5. The van der Waals surface area contributed by atoms with Gasteiger partial charge < -0.3 is 19.9 Å². The Morgan fingerprint density at radius 2 is 1.89 bits per heavy atom. The molecule has 2 aromatic heterocycles. The molecule has 0 saturated carbocycles. The number of nitrogens with one attached hydrogen (secondary N) is 1. The fourth-order valence-electron chi connectivity index (χ4n) is 3.54. The van der Waals surface area contributed by atoms with Gasteiger partial charge in [0.2, 0.25) is 0 Å². The van der Waals surface area contributed by atoms with Crippen molar-refractivity contribution in [3.05, 3.63) is 17.3 Å². The Morgan fingerprint density at radius 3 is 2.57 bits per heavy atom. The standard InChI is InChI=1S/C19H26N6O2S/c1-2-27-18(26)17-16(23-19(28-17)25-8-4-3-5-9-25)14-12-22-15(13-21-14)24-10-6-20-7-11-24/h12-13,20H,2-11H2,1H3. The Morgan fingerprint density at radius 1 is 1.11 bits per heavy atom. The first kappa shape index (κ1) is 19.1. The van der Waals surface area contributed by atoms with Gasteiger partial charge in [-0.3, -0.25) is 0 Å². The van der Waals surface area contributed by atoms with Crippen molar-refractivity contribution in [2.24, 2.45) is 0 Å². The fourth-order valence-corrected chi connectivity index (χ4v) is 4.56. The number of hydrogen-bond donors (Lipinski definition) is 1. The van der Waals surface area contributed by atoms with Crippen LogP contribution < -0.4 is 15.1 Å². The van der Waals surface area contributed by atoms with Gasteiger partial charge in [0.25, 0.3) is 0 Å². The monoisotopic (exact) mass is 402 g/mol. The van der Waals surface area contributed by atoms with Gasteiger partial charge in [-0.2, -0.15) is 0 Å². The van der Waals surface area contributed by atoms with Crippen LogP contribution in [0.15, 0.2) is 12.4 Å². The molecule has 0 radical (unpaired) electrons. The van der Waals surface area contributed by atoms with E-state index < -0.39 is 0 Å². The third-order valence-corrected chi connectivity index (χ3v) is 6.12. The maximum Gasteiger partial charge on any atom is 0.350 e. The Bertz CT molecular complexity index is 797. The highest BCUT2D eigenvalue weighted by atomic mass is 32.1. The third kappa shape index (κ3) is 4.10. The van der Waals surface area contributed by atoms with Crippen molar-refractivity contribution in [2.45, 2.75) is 26.2 Å². The Kier molecular flexibility index (Phi) is 6.01. The Hall–Kier alpha value is -2.26. The van der Waals surface area contributed by atoms with E-state index in [2.05, 4.69) is 25.1 Å². The van der Waals surface area contributed by atoms with Gasteiger partial charge in [0, 0.05) is 39.3 Å². The molecule has 4 heterocycles. The quantitative estimate of drug-likeness (QED) is 0.762. The summed E-state index contributed by atoms with van der Waals surface area (Å²) in [6, 6.07) is 0. The summed E-state index contributed by atoms with van der Waals surface area (Å²) < 4.78 is 5.26. The van der Waals surface area contributed by atoms with Crippen molar-refractivity contribution in [1.29, 1.82) is 0 Å². The summed E-state index contributed by atoms with van der Waals surface area (Å²) in [7, 11) is 0. The van der Waals surface area contributed by atoms with E-state index in [0.717, 1.165) is 63.1 Å². The molecule has 0 atom stereocenters. The fraction of sp³-hybridized carbons (Fsp3) is 0.579. The normalized spacial score (nSPS) is 17.6. The molecule has 2 aliphatic heterocycles. The molecule has 8 nitrogen and oxygen atoms in total. The van der Waals surface area contributed by atoms with Gasteiger partial charge in [-0.15, -0.1) is 0 Å². The van der Waals surface area contributed by atoms with Gasteiger partial charge in [0.05, 0.1) is 19.0 Å². The number of aromatic nitrogens is 3. The zero-order chi connectivity index (χ0) is 19.3. The average Bonchev–Trinajstić information content (AvgIpc) is 3.21. The van der Waals surface area contributed by atoms with Crippen LogP contribution in [0.2, 0.25) is 0 Å². The summed E-state index contributed by atoms with van der Waals surface area (Å²) in [6.07, 6.45) is 7.05. The number of piperidine rings is 1. The van der Waals surface area contributed by atoms with Crippen molar-refractivity contribution in [3.8, 4) is 11.4 Å². The second-order valence-electron chi connectivity index (χ2n) is 6.94. The number of esters is 1. The Balaban J connectivity index is 1.62. The topological polar surface area (TPSA) is 83.5 Å².